The van der Waals surface area contributed by atoms with E-state index in [1.54, 1.807) is 11.3 Å². The van der Waals surface area contributed by atoms with Crippen molar-refractivity contribution in [1.29, 1.82) is 0 Å². The Morgan fingerprint density at radius 1 is 1.30 bits per heavy atom. The molecule has 6 heteroatoms. The predicted molar refractivity (Wildman–Crippen MR) is 98.4 cm³/mol. The van der Waals surface area contributed by atoms with E-state index in [-0.39, 0.29) is 0 Å². The molecule has 23 heavy (non-hydrogen) atoms. The third-order valence-corrected chi connectivity index (χ3v) is 5.00. The Hall–Kier alpha value is -1.11. The van der Waals surface area contributed by atoms with Crippen LogP contribution in [0.2, 0.25) is 0 Å². The number of morpholine rings is 1. The first-order valence-electron chi connectivity index (χ1n) is 8.65. The van der Waals surface area contributed by atoms with Gasteiger partial charge in [-0.3, -0.25) is 4.90 Å². The number of aryl methyl sites for hydroxylation is 1. The van der Waals surface area contributed by atoms with Crippen molar-refractivity contribution >= 4 is 17.3 Å². The molecule has 0 saturated carbocycles. The molecule has 0 radical (unpaired) electrons. The molecule has 0 spiro atoms. The maximum atomic E-state index is 5.37. The molecule has 0 aromatic carbocycles. The van der Waals surface area contributed by atoms with Crippen LogP contribution in [0.5, 0.6) is 0 Å². The van der Waals surface area contributed by atoms with Crippen LogP contribution in [0, 0.1) is 6.92 Å². The fourth-order valence-electron chi connectivity index (χ4n) is 2.55. The van der Waals surface area contributed by atoms with Gasteiger partial charge in [0.2, 0.25) is 0 Å². The fraction of sp³-hybridized carbons (Fsp3) is 0.706. The van der Waals surface area contributed by atoms with Crippen molar-refractivity contribution in [3.63, 3.8) is 0 Å². The summed E-state index contributed by atoms with van der Waals surface area (Å²) in [5.41, 5.74) is 1.33. The smallest absolute Gasteiger partial charge is 0.191 e. The Balaban J connectivity index is 1.64. The average molecular weight is 339 g/mol. The van der Waals surface area contributed by atoms with E-state index in [4.69, 9.17) is 4.74 Å². The molecule has 5 nitrogen and oxygen atoms in total. The van der Waals surface area contributed by atoms with E-state index in [1.165, 1.54) is 29.8 Å². The number of nitrogens with one attached hydrogen (secondary N) is 2. The normalized spacial score (nSPS) is 16.5. The maximum absolute atomic E-state index is 5.37. The molecule has 1 fully saturated rings. The molecule has 0 unspecified atom stereocenters. The molecule has 0 bridgehead atoms. The summed E-state index contributed by atoms with van der Waals surface area (Å²) in [5.74, 6) is 0.923. The lowest BCUT2D eigenvalue weighted by Gasteiger charge is -2.26. The Kier molecular flexibility index (Phi) is 8.42. The van der Waals surface area contributed by atoms with Gasteiger partial charge in [-0.05, 0) is 50.2 Å². The number of aliphatic imine (C=N–C) groups is 1. The third kappa shape index (κ3) is 6.89. The molecule has 0 amide bonds. The molecule has 2 rings (SSSR count). The highest BCUT2D eigenvalue weighted by molar-refractivity contribution is 7.10. The zero-order chi connectivity index (χ0) is 16.3. The lowest BCUT2D eigenvalue weighted by atomic mass is 10.2. The monoisotopic (exact) mass is 338 g/mol. The molecule has 1 aromatic heterocycles. The summed E-state index contributed by atoms with van der Waals surface area (Å²) in [7, 11) is 0. The number of unbranched alkanes of at least 4 members (excludes halogenated alkanes) is 1. The highest BCUT2D eigenvalue weighted by Gasteiger charge is 2.09. The van der Waals surface area contributed by atoms with Crippen molar-refractivity contribution in [3.05, 3.63) is 21.9 Å². The molecule has 0 aliphatic carbocycles. The van der Waals surface area contributed by atoms with Gasteiger partial charge in [0.1, 0.15) is 0 Å². The topological polar surface area (TPSA) is 48.9 Å². The Morgan fingerprint density at radius 3 is 2.83 bits per heavy atom. The first-order valence-corrected chi connectivity index (χ1v) is 9.53. The first kappa shape index (κ1) is 18.2. The lowest BCUT2D eigenvalue weighted by molar-refractivity contribution is 0.0372. The van der Waals surface area contributed by atoms with Crippen LogP contribution in [0.25, 0.3) is 0 Å². The van der Waals surface area contributed by atoms with Gasteiger partial charge in [-0.1, -0.05) is 0 Å². The van der Waals surface area contributed by atoms with Crippen molar-refractivity contribution in [2.45, 2.75) is 33.2 Å². The summed E-state index contributed by atoms with van der Waals surface area (Å²) in [6, 6.07) is 2.15. The van der Waals surface area contributed by atoms with Gasteiger partial charge in [-0.2, -0.15) is 0 Å². The van der Waals surface area contributed by atoms with Crippen LogP contribution in [0.15, 0.2) is 16.4 Å². The SMILES string of the molecule is CCNC(=NCc1sccc1C)NCCCCN1CCOCC1. The lowest BCUT2D eigenvalue weighted by Crippen LogP contribution is -2.39. The second kappa shape index (κ2) is 10.6. The van der Waals surface area contributed by atoms with E-state index in [1.807, 2.05) is 0 Å². The highest BCUT2D eigenvalue weighted by Crippen LogP contribution is 2.16. The second-order valence-corrected chi connectivity index (χ2v) is 6.81. The predicted octanol–water partition coefficient (Wildman–Crippen LogP) is 2.22. The zero-order valence-corrected chi connectivity index (χ0v) is 15.3. The van der Waals surface area contributed by atoms with Gasteiger partial charge in [0, 0.05) is 31.1 Å². The van der Waals surface area contributed by atoms with Crippen molar-refractivity contribution in [2.75, 3.05) is 45.9 Å². The van der Waals surface area contributed by atoms with Crippen molar-refractivity contribution in [3.8, 4) is 0 Å². The number of ether oxygens (including phenoxy) is 1. The summed E-state index contributed by atoms with van der Waals surface area (Å²) in [5, 5.41) is 8.89. The molecule has 2 heterocycles. The van der Waals surface area contributed by atoms with Crippen molar-refractivity contribution in [2.24, 2.45) is 4.99 Å². The zero-order valence-electron chi connectivity index (χ0n) is 14.4. The number of hydrogen-bond donors (Lipinski definition) is 2. The molecule has 2 N–H and O–H groups in total. The number of hydrogen-bond acceptors (Lipinski definition) is 4. The first-order chi connectivity index (χ1) is 11.3. The molecule has 1 aliphatic rings. The molecule has 0 atom stereocenters. The summed E-state index contributed by atoms with van der Waals surface area (Å²) in [4.78, 5) is 8.51. The number of rotatable bonds is 8. The van der Waals surface area contributed by atoms with Crippen LogP contribution in [0.1, 0.15) is 30.2 Å². The quantitative estimate of drug-likeness (QED) is 0.433. The van der Waals surface area contributed by atoms with Gasteiger partial charge in [0.05, 0.1) is 19.8 Å². The van der Waals surface area contributed by atoms with Gasteiger partial charge in [0.25, 0.3) is 0 Å². The van der Waals surface area contributed by atoms with Crippen LogP contribution >= 0.6 is 11.3 Å². The van der Waals surface area contributed by atoms with E-state index >= 15 is 0 Å². The molecule has 1 saturated heterocycles. The standard InChI is InChI=1S/C17H30N4OS/c1-3-18-17(20-14-16-15(2)6-13-23-16)19-7-4-5-8-21-9-11-22-12-10-21/h6,13H,3-5,7-12,14H2,1-2H3,(H2,18,19,20). The van der Waals surface area contributed by atoms with Gasteiger partial charge in [-0.25, -0.2) is 4.99 Å². The van der Waals surface area contributed by atoms with Gasteiger partial charge in [0.15, 0.2) is 5.96 Å². The van der Waals surface area contributed by atoms with Gasteiger partial charge in [-0.15, -0.1) is 11.3 Å². The minimum Gasteiger partial charge on any atom is -0.379 e. The molecular formula is C17H30N4OS. The summed E-state index contributed by atoms with van der Waals surface area (Å²) in [6.07, 6.45) is 2.39. The summed E-state index contributed by atoms with van der Waals surface area (Å²) < 4.78 is 5.37. The van der Waals surface area contributed by atoms with Crippen LogP contribution in [0.4, 0.5) is 0 Å². The average Bonchev–Trinajstić information content (AvgIpc) is 2.98. The minimum atomic E-state index is 0.757. The second-order valence-electron chi connectivity index (χ2n) is 5.81. The van der Waals surface area contributed by atoms with Crippen LogP contribution in [-0.4, -0.2) is 56.8 Å². The fourth-order valence-corrected chi connectivity index (χ4v) is 3.38. The van der Waals surface area contributed by atoms with E-state index in [0.29, 0.717) is 0 Å². The number of guanidine groups is 1. The van der Waals surface area contributed by atoms with Crippen LogP contribution < -0.4 is 10.6 Å². The van der Waals surface area contributed by atoms with Crippen LogP contribution in [-0.2, 0) is 11.3 Å². The van der Waals surface area contributed by atoms with E-state index in [2.05, 4.69) is 45.8 Å². The number of thiophene rings is 1. The summed E-state index contributed by atoms with van der Waals surface area (Å²) in [6.45, 7) is 12.0. The summed E-state index contributed by atoms with van der Waals surface area (Å²) >= 11 is 1.78. The van der Waals surface area contributed by atoms with E-state index in [9.17, 15) is 0 Å². The largest absolute Gasteiger partial charge is 0.379 e. The van der Waals surface area contributed by atoms with Crippen molar-refractivity contribution in [1.82, 2.24) is 15.5 Å². The van der Waals surface area contributed by atoms with Crippen LogP contribution in [0.3, 0.4) is 0 Å². The third-order valence-electron chi connectivity index (χ3n) is 3.99. The molecule has 1 aliphatic heterocycles. The number of nitrogens with zero attached hydrogens (tertiary/aromatic N) is 2. The maximum Gasteiger partial charge on any atom is 0.191 e. The minimum absolute atomic E-state index is 0.757. The Bertz CT molecular complexity index is 469. The Morgan fingerprint density at radius 2 is 2.13 bits per heavy atom. The van der Waals surface area contributed by atoms with Crippen molar-refractivity contribution < 1.29 is 4.74 Å². The Labute approximate surface area is 144 Å². The van der Waals surface area contributed by atoms with Gasteiger partial charge < -0.3 is 15.4 Å². The van der Waals surface area contributed by atoms with Gasteiger partial charge >= 0.3 is 0 Å². The molecular weight excluding hydrogens is 308 g/mol. The molecule has 1 aromatic rings. The highest BCUT2D eigenvalue weighted by atomic mass is 32.1. The molecule has 130 valence electrons. The van der Waals surface area contributed by atoms with E-state index in [0.717, 1.165) is 51.9 Å². The van der Waals surface area contributed by atoms with E-state index < -0.39 is 0 Å².